The van der Waals surface area contributed by atoms with Crippen LogP contribution in [0.15, 0.2) is 71.6 Å². The summed E-state index contributed by atoms with van der Waals surface area (Å²) >= 11 is 0. The minimum atomic E-state index is -3.78. The summed E-state index contributed by atoms with van der Waals surface area (Å²) in [5.41, 5.74) is 0.0142. The number of nitrogens with zero attached hydrogens (tertiary/aromatic N) is 2. The van der Waals surface area contributed by atoms with E-state index < -0.39 is 10.0 Å². The highest BCUT2D eigenvalue weighted by molar-refractivity contribution is 7.92. The summed E-state index contributed by atoms with van der Waals surface area (Å²) in [7, 11) is -3.78. The van der Waals surface area contributed by atoms with Crippen LogP contribution in [0.2, 0.25) is 0 Å². The second-order valence-corrected chi connectivity index (χ2v) is 10.6. The summed E-state index contributed by atoms with van der Waals surface area (Å²) < 4.78 is 34.3. The fourth-order valence-corrected chi connectivity index (χ4v) is 5.42. The Morgan fingerprint density at radius 1 is 1.00 bits per heavy atom. The predicted octanol–water partition coefficient (Wildman–Crippen LogP) is 5.61. The molecule has 0 bridgehead atoms. The number of anilines is 1. The normalized spacial score (nSPS) is 20.4. The number of ether oxygens (including phenoxy) is 1. The van der Waals surface area contributed by atoms with E-state index in [2.05, 4.69) is 35.5 Å². The fraction of sp³-hybridized carbons (Fsp3) is 0.333. The molecule has 162 valence electrons. The molecule has 1 aliphatic carbocycles. The van der Waals surface area contributed by atoms with Gasteiger partial charge < -0.3 is 4.74 Å². The molecule has 0 saturated heterocycles. The molecule has 1 N–H and O–H groups in total. The van der Waals surface area contributed by atoms with Gasteiger partial charge in [-0.15, -0.1) is 0 Å². The lowest BCUT2D eigenvalue weighted by Crippen LogP contribution is -2.20. The summed E-state index contributed by atoms with van der Waals surface area (Å²) in [6.45, 7) is 6.65. The van der Waals surface area contributed by atoms with Crippen molar-refractivity contribution in [2.24, 2.45) is 11.3 Å². The van der Waals surface area contributed by atoms with E-state index in [1.54, 1.807) is 30.3 Å². The second kappa shape index (κ2) is 8.30. The van der Waals surface area contributed by atoms with E-state index >= 15 is 0 Å². The Morgan fingerprint density at radius 2 is 1.65 bits per heavy atom. The minimum Gasteiger partial charge on any atom is -0.439 e. The van der Waals surface area contributed by atoms with Crippen LogP contribution in [0.3, 0.4) is 0 Å². The van der Waals surface area contributed by atoms with Crippen LogP contribution in [0.4, 0.5) is 5.82 Å². The SMILES string of the molecule is CC1CC(c2nc(NS(=O)(=O)c3ccccc3)cc(Oc3ccccc3)n2)C(C)(C)C1. The van der Waals surface area contributed by atoms with Gasteiger partial charge in [0.25, 0.3) is 10.0 Å². The van der Waals surface area contributed by atoms with E-state index in [4.69, 9.17) is 4.74 Å². The fourth-order valence-electron chi connectivity index (χ4n) is 4.41. The molecule has 4 rings (SSSR count). The maximum atomic E-state index is 12.9. The van der Waals surface area contributed by atoms with Crippen molar-refractivity contribution in [3.05, 3.63) is 72.6 Å². The molecule has 31 heavy (non-hydrogen) atoms. The highest BCUT2D eigenvalue weighted by Gasteiger charge is 2.41. The number of benzene rings is 2. The zero-order valence-corrected chi connectivity index (χ0v) is 18.8. The third-order valence-electron chi connectivity index (χ3n) is 5.75. The first-order valence-corrected chi connectivity index (χ1v) is 11.9. The van der Waals surface area contributed by atoms with E-state index in [1.165, 1.54) is 6.07 Å². The summed E-state index contributed by atoms with van der Waals surface area (Å²) in [5, 5.41) is 0. The average Bonchev–Trinajstić information content (AvgIpc) is 3.01. The Hall–Kier alpha value is -2.93. The van der Waals surface area contributed by atoms with E-state index in [0.717, 1.165) is 12.8 Å². The number of rotatable bonds is 6. The Morgan fingerprint density at radius 3 is 2.26 bits per heavy atom. The average molecular weight is 438 g/mol. The Bertz CT molecular complexity index is 1150. The molecular formula is C24H27N3O3S. The molecule has 0 amide bonds. The summed E-state index contributed by atoms with van der Waals surface area (Å²) in [6.07, 6.45) is 2.02. The lowest BCUT2D eigenvalue weighted by Gasteiger charge is -2.26. The maximum Gasteiger partial charge on any atom is 0.263 e. The zero-order valence-electron chi connectivity index (χ0n) is 17.9. The number of nitrogens with one attached hydrogen (secondary N) is 1. The van der Waals surface area contributed by atoms with Gasteiger partial charge in [-0.1, -0.05) is 57.2 Å². The first kappa shape index (κ1) is 21.3. The zero-order chi connectivity index (χ0) is 22.1. The van der Waals surface area contributed by atoms with Crippen LogP contribution in [0.1, 0.15) is 45.4 Å². The third kappa shape index (κ3) is 4.88. The van der Waals surface area contributed by atoms with Gasteiger partial charge in [-0.2, -0.15) is 4.98 Å². The highest BCUT2D eigenvalue weighted by atomic mass is 32.2. The van der Waals surface area contributed by atoms with Crippen molar-refractivity contribution in [1.29, 1.82) is 0 Å². The molecule has 2 atom stereocenters. The molecule has 7 heteroatoms. The Labute approximate surface area is 183 Å². The van der Waals surface area contributed by atoms with E-state index in [9.17, 15) is 8.42 Å². The van der Waals surface area contributed by atoms with Gasteiger partial charge in [0, 0.05) is 12.0 Å². The standard InChI is InChI=1S/C24H27N3O3S/c1-17-14-20(24(2,3)16-17)23-25-21(27-31(28,29)19-12-8-5-9-13-19)15-22(26-23)30-18-10-6-4-7-11-18/h4-13,15,17,20H,14,16H2,1-3H3,(H,25,26,27). The number of hydrogen-bond donors (Lipinski definition) is 1. The van der Waals surface area contributed by atoms with Crippen molar-refractivity contribution in [3.63, 3.8) is 0 Å². The molecule has 0 aliphatic heterocycles. The van der Waals surface area contributed by atoms with Gasteiger partial charge in [0.1, 0.15) is 17.4 Å². The monoisotopic (exact) mass is 437 g/mol. The lowest BCUT2D eigenvalue weighted by molar-refractivity contribution is 0.314. The molecule has 1 fully saturated rings. The van der Waals surface area contributed by atoms with Crippen LogP contribution in [-0.4, -0.2) is 18.4 Å². The summed E-state index contributed by atoms with van der Waals surface area (Å²) in [5.74, 6) is 2.41. The molecule has 1 aliphatic rings. The lowest BCUT2D eigenvalue weighted by atomic mass is 9.81. The first-order chi connectivity index (χ1) is 14.7. The van der Waals surface area contributed by atoms with Crippen LogP contribution < -0.4 is 9.46 Å². The van der Waals surface area contributed by atoms with Crippen molar-refractivity contribution in [2.75, 3.05) is 4.72 Å². The quantitative estimate of drug-likeness (QED) is 0.542. The van der Waals surface area contributed by atoms with Crippen LogP contribution in [0, 0.1) is 11.3 Å². The van der Waals surface area contributed by atoms with Crippen LogP contribution >= 0.6 is 0 Å². The first-order valence-electron chi connectivity index (χ1n) is 10.4. The number of hydrogen-bond acceptors (Lipinski definition) is 5. The minimum absolute atomic E-state index is 0.0142. The maximum absolute atomic E-state index is 12.9. The van der Waals surface area contributed by atoms with Gasteiger partial charge in [0.15, 0.2) is 0 Å². The molecule has 0 radical (unpaired) electrons. The highest BCUT2D eigenvalue weighted by Crippen LogP contribution is 2.51. The summed E-state index contributed by atoms with van der Waals surface area (Å²) in [6, 6.07) is 19.1. The molecule has 1 heterocycles. The van der Waals surface area contributed by atoms with Crippen LogP contribution in [-0.2, 0) is 10.0 Å². The van der Waals surface area contributed by atoms with Gasteiger partial charge in [-0.25, -0.2) is 13.4 Å². The number of sulfonamides is 1. The third-order valence-corrected chi connectivity index (χ3v) is 7.12. The smallest absolute Gasteiger partial charge is 0.263 e. The molecule has 3 aromatic rings. The van der Waals surface area contributed by atoms with E-state index in [-0.39, 0.29) is 22.0 Å². The topological polar surface area (TPSA) is 81.2 Å². The Balaban J connectivity index is 1.73. The van der Waals surface area contributed by atoms with Crippen LogP contribution in [0.5, 0.6) is 11.6 Å². The number of para-hydroxylation sites is 1. The van der Waals surface area contributed by atoms with E-state index in [0.29, 0.717) is 23.4 Å². The Kier molecular flexibility index (Phi) is 5.71. The molecule has 0 spiro atoms. The molecule has 6 nitrogen and oxygen atoms in total. The van der Waals surface area contributed by atoms with Crippen molar-refractivity contribution >= 4 is 15.8 Å². The van der Waals surface area contributed by atoms with Gasteiger partial charge >= 0.3 is 0 Å². The second-order valence-electron chi connectivity index (χ2n) is 8.87. The van der Waals surface area contributed by atoms with Crippen molar-refractivity contribution < 1.29 is 13.2 Å². The molecule has 1 aromatic heterocycles. The van der Waals surface area contributed by atoms with Gasteiger partial charge in [-0.05, 0) is 48.4 Å². The number of aromatic nitrogens is 2. The molecule has 2 unspecified atom stereocenters. The largest absolute Gasteiger partial charge is 0.439 e. The van der Waals surface area contributed by atoms with Crippen LogP contribution in [0.25, 0.3) is 0 Å². The van der Waals surface area contributed by atoms with Crippen molar-refractivity contribution in [1.82, 2.24) is 9.97 Å². The van der Waals surface area contributed by atoms with Crippen molar-refractivity contribution in [3.8, 4) is 11.6 Å². The predicted molar refractivity (Wildman–Crippen MR) is 121 cm³/mol. The van der Waals surface area contributed by atoms with Gasteiger partial charge in [-0.3, -0.25) is 4.72 Å². The molecule has 2 aromatic carbocycles. The van der Waals surface area contributed by atoms with Gasteiger partial charge in [0.05, 0.1) is 4.90 Å². The van der Waals surface area contributed by atoms with E-state index in [1.807, 2.05) is 30.3 Å². The molecule has 1 saturated carbocycles. The summed E-state index contributed by atoms with van der Waals surface area (Å²) in [4.78, 5) is 9.47. The van der Waals surface area contributed by atoms with Gasteiger partial charge in [0.2, 0.25) is 5.88 Å². The van der Waals surface area contributed by atoms with Crippen molar-refractivity contribution in [2.45, 2.75) is 44.4 Å². The molecular weight excluding hydrogens is 410 g/mol.